The average Bonchev–Trinajstić information content (AvgIpc) is 3.90. The molecule has 1 aliphatic carbocycles. The van der Waals surface area contributed by atoms with Crippen LogP contribution in [-0.4, -0.2) is 24.3 Å². The van der Waals surface area contributed by atoms with Crippen LogP contribution in [0.25, 0.3) is 84.1 Å². The van der Waals surface area contributed by atoms with Gasteiger partial charge in [0.15, 0.2) is 23.2 Å². The summed E-state index contributed by atoms with van der Waals surface area (Å²) < 4.78 is 1.87. The van der Waals surface area contributed by atoms with Crippen LogP contribution in [0.3, 0.4) is 0 Å². The molecule has 0 radical (unpaired) electrons. The summed E-state index contributed by atoms with van der Waals surface area (Å²) in [6, 6.07) is 76.5. The molecule has 64 heavy (non-hydrogen) atoms. The van der Waals surface area contributed by atoms with Crippen LogP contribution in [0.4, 0.5) is 0 Å². The van der Waals surface area contributed by atoms with Crippen molar-refractivity contribution >= 4 is 16.4 Å². The molecule has 12 rings (SSSR count). The van der Waals surface area contributed by atoms with Crippen molar-refractivity contribution in [3.8, 4) is 73.7 Å². The number of pyridine rings is 1. The van der Waals surface area contributed by atoms with Crippen molar-refractivity contribution in [1.29, 1.82) is 5.26 Å². The van der Waals surface area contributed by atoms with E-state index in [1.54, 1.807) is 0 Å². The maximum atomic E-state index is 10.5. The maximum absolute atomic E-state index is 10.5. The van der Waals surface area contributed by atoms with Gasteiger partial charge >= 0.3 is 0 Å². The molecule has 0 atom stereocenters. The van der Waals surface area contributed by atoms with Gasteiger partial charge in [0.1, 0.15) is 17.4 Å². The SMILES string of the molecule is N#Cc1c(-c2ccc3c(c2)C(c2ccccc2)(c2ccccc2)c2cc(-c4ccc(-c5nc(-c6ccccc6)nc(-c6ccccc6)n5)c5ccccc45)ccc2-3)nc2ccccn12. The first kappa shape index (κ1) is 37.0. The van der Waals surface area contributed by atoms with Gasteiger partial charge in [-0.25, -0.2) is 19.9 Å². The van der Waals surface area contributed by atoms with Crippen molar-refractivity contribution in [2.45, 2.75) is 5.41 Å². The van der Waals surface area contributed by atoms with Crippen molar-refractivity contribution in [2.24, 2.45) is 0 Å². The second-order valence-electron chi connectivity index (χ2n) is 16.1. The predicted octanol–water partition coefficient (Wildman–Crippen LogP) is 13.2. The molecule has 0 fully saturated rings. The predicted molar refractivity (Wildman–Crippen MR) is 255 cm³/mol. The molecule has 0 unspecified atom stereocenters. The van der Waals surface area contributed by atoms with Crippen LogP contribution < -0.4 is 0 Å². The molecule has 0 bridgehead atoms. The van der Waals surface area contributed by atoms with E-state index in [-0.39, 0.29) is 0 Å². The van der Waals surface area contributed by atoms with Gasteiger partial charge in [0.05, 0.1) is 5.41 Å². The van der Waals surface area contributed by atoms with Crippen molar-refractivity contribution in [1.82, 2.24) is 24.3 Å². The Kier molecular flexibility index (Phi) is 8.66. The second-order valence-corrected chi connectivity index (χ2v) is 16.1. The third kappa shape index (κ3) is 5.79. The van der Waals surface area contributed by atoms with E-state index >= 15 is 0 Å². The van der Waals surface area contributed by atoms with Crippen molar-refractivity contribution in [3.05, 3.63) is 246 Å². The van der Waals surface area contributed by atoms with E-state index in [4.69, 9.17) is 19.9 Å². The zero-order valence-electron chi connectivity index (χ0n) is 34.5. The molecular weight excluding hydrogens is 781 g/mol. The summed E-state index contributed by atoms with van der Waals surface area (Å²) >= 11 is 0. The lowest BCUT2D eigenvalue weighted by atomic mass is 9.67. The molecule has 11 aromatic rings. The fourth-order valence-electron chi connectivity index (χ4n) is 9.78. The first-order valence-electron chi connectivity index (χ1n) is 21.4. The van der Waals surface area contributed by atoms with Gasteiger partial charge in [0, 0.05) is 28.5 Å². The molecule has 0 saturated carbocycles. The molecule has 0 aliphatic heterocycles. The fraction of sp³-hybridized carbons (Fsp3) is 0.0172. The Morgan fingerprint density at radius 1 is 0.391 bits per heavy atom. The van der Waals surface area contributed by atoms with Gasteiger partial charge in [-0.05, 0) is 85.6 Å². The number of hydrogen-bond donors (Lipinski definition) is 0. The zero-order chi connectivity index (χ0) is 42.6. The lowest BCUT2D eigenvalue weighted by molar-refractivity contribution is 0.769. The summed E-state index contributed by atoms with van der Waals surface area (Å²) in [7, 11) is 0. The monoisotopic (exact) mass is 816 g/mol. The van der Waals surface area contributed by atoms with Gasteiger partial charge in [-0.15, -0.1) is 0 Å². The number of hydrogen-bond acceptors (Lipinski definition) is 5. The van der Waals surface area contributed by atoms with E-state index in [2.05, 4.69) is 140 Å². The molecule has 0 N–H and O–H groups in total. The molecule has 1 aliphatic rings. The number of rotatable bonds is 7. The van der Waals surface area contributed by atoms with E-state index in [9.17, 15) is 5.26 Å². The Morgan fingerprint density at radius 3 is 1.45 bits per heavy atom. The van der Waals surface area contributed by atoms with Crippen LogP contribution in [-0.2, 0) is 5.41 Å². The summed E-state index contributed by atoms with van der Waals surface area (Å²) in [4.78, 5) is 20.2. The highest BCUT2D eigenvalue weighted by Gasteiger charge is 2.46. The highest BCUT2D eigenvalue weighted by Crippen LogP contribution is 2.57. The number of imidazole rings is 1. The van der Waals surface area contributed by atoms with Gasteiger partial charge in [-0.3, -0.25) is 4.40 Å². The lowest BCUT2D eigenvalue weighted by Crippen LogP contribution is -2.28. The van der Waals surface area contributed by atoms with Crippen LogP contribution in [0.15, 0.2) is 219 Å². The third-order valence-electron chi connectivity index (χ3n) is 12.6. The van der Waals surface area contributed by atoms with Crippen LogP contribution in [0.1, 0.15) is 27.9 Å². The molecule has 3 aromatic heterocycles. The summed E-state index contributed by atoms with van der Waals surface area (Å²) in [5, 5.41) is 12.6. The van der Waals surface area contributed by atoms with Crippen LogP contribution in [0.5, 0.6) is 0 Å². The van der Waals surface area contributed by atoms with E-state index in [0.29, 0.717) is 28.9 Å². The van der Waals surface area contributed by atoms with E-state index in [1.165, 1.54) is 11.1 Å². The summed E-state index contributed by atoms with van der Waals surface area (Å²) in [5.41, 5.74) is 14.1. The minimum Gasteiger partial charge on any atom is -0.291 e. The first-order chi connectivity index (χ1) is 31.7. The molecular formula is C58H36N6. The normalized spacial score (nSPS) is 12.5. The Bertz CT molecular complexity index is 3520. The molecule has 298 valence electrons. The smallest absolute Gasteiger partial charge is 0.164 e. The molecule has 6 nitrogen and oxygen atoms in total. The quantitative estimate of drug-likeness (QED) is 0.160. The van der Waals surface area contributed by atoms with Crippen LogP contribution >= 0.6 is 0 Å². The Labute approximate surface area is 370 Å². The number of nitriles is 1. The Morgan fingerprint density at radius 2 is 0.859 bits per heavy atom. The van der Waals surface area contributed by atoms with Crippen molar-refractivity contribution in [3.63, 3.8) is 0 Å². The molecule has 0 spiro atoms. The van der Waals surface area contributed by atoms with Crippen molar-refractivity contribution in [2.75, 3.05) is 0 Å². The number of fused-ring (bicyclic) bond motifs is 5. The minimum atomic E-state index is -0.687. The van der Waals surface area contributed by atoms with Crippen molar-refractivity contribution < 1.29 is 0 Å². The lowest BCUT2D eigenvalue weighted by Gasteiger charge is -2.34. The molecule has 0 amide bonds. The van der Waals surface area contributed by atoms with Crippen LogP contribution in [0.2, 0.25) is 0 Å². The Hall–Kier alpha value is -8.79. The van der Waals surface area contributed by atoms with Gasteiger partial charge in [-0.1, -0.05) is 182 Å². The number of benzene rings is 8. The fourth-order valence-corrected chi connectivity index (χ4v) is 9.78. The summed E-state index contributed by atoms with van der Waals surface area (Å²) in [6.07, 6.45) is 1.90. The van der Waals surface area contributed by atoms with Gasteiger partial charge < -0.3 is 0 Å². The van der Waals surface area contributed by atoms with E-state index < -0.39 is 5.41 Å². The molecule has 0 saturated heterocycles. The van der Waals surface area contributed by atoms with Gasteiger partial charge in [0.2, 0.25) is 0 Å². The zero-order valence-corrected chi connectivity index (χ0v) is 34.5. The molecule has 6 heteroatoms. The highest BCUT2D eigenvalue weighted by atomic mass is 15.0. The molecule has 3 heterocycles. The Balaban J connectivity index is 1.07. The number of nitrogens with zero attached hydrogens (tertiary/aromatic N) is 6. The average molecular weight is 817 g/mol. The largest absolute Gasteiger partial charge is 0.291 e. The van der Waals surface area contributed by atoms with Gasteiger partial charge in [-0.2, -0.15) is 5.26 Å². The first-order valence-corrected chi connectivity index (χ1v) is 21.4. The molecule has 8 aromatic carbocycles. The second kappa shape index (κ2) is 15.0. The third-order valence-corrected chi connectivity index (χ3v) is 12.6. The maximum Gasteiger partial charge on any atom is 0.164 e. The number of aromatic nitrogens is 5. The summed E-state index contributed by atoms with van der Waals surface area (Å²) in [5.74, 6) is 1.87. The standard InChI is InChI=1S/C58H36N6/c59-37-52-54(60-53-27-15-16-34-64(52)53)41-29-31-48-47-30-28-40(35-50(47)58(51(48)36-41,42-21-9-3-10-22-42)43-23-11-4-12-24-43)44-32-33-49(46-26-14-13-25-45(44)46)57-62-55(38-17-5-1-6-18-38)61-56(63-57)39-19-7-2-8-20-39/h1-36H. The summed E-state index contributed by atoms with van der Waals surface area (Å²) in [6.45, 7) is 0. The highest BCUT2D eigenvalue weighted by molar-refractivity contribution is 6.05. The topological polar surface area (TPSA) is 79.8 Å². The van der Waals surface area contributed by atoms with Gasteiger partial charge in [0.25, 0.3) is 0 Å². The van der Waals surface area contributed by atoms with Crippen LogP contribution in [0, 0.1) is 11.3 Å². The van der Waals surface area contributed by atoms with E-state index in [1.807, 2.05) is 89.5 Å². The van der Waals surface area contributed by atoms with E-state index in [0.717, 1.165) is 72.1 Å². The minimum absolute atomic E-state index is 0.512.